The second kappa shape index (κ2) is 5.25. The van der Waals surface area contributed by atoms with Crippen LogP contribution in [0.1, 0.15) is 26.0 Å². The maximum absolute atomic E-state index is 5.59. The third kappa shape index (κ3) is 3.01. The summed E-state index contributed by atoms with van der Waals surface area (Å²) in [6.45, 7) is 4.94. The van der Waals surface area contributed by atoms with Gasteiger partial charge in [0.2, 0.25) is 0 Å². The van der Waals surface area contributed by atoms with Crippen LogP contribution >= 0.6 is 11.8 Å². The molecule has 72 valence electrons. The van der Waals surface area contributed by atoms with E-state index in [4.69, 9.17) is 5.73 Å². The summed E-state index contributed by atoms with van der Waals surface area (Å²) < 4.78 is 0. The lowest BCUT2D eigenvalue weighted by Gasteiger charge is -2.10. The monoisotopic (exact) mass is 196 g/mol. The fourth-order valence-corrected chi connectivity index (χ4v) is 2.01. The third-order valence-corrected chi connectivity index (χ3v) is 3.31. The highest BCUT2D eigenvalue weighted by Crippen LogP contribution is 2.26. The van der Waals surface area contributed by atoms with E-state index in [-0.39, 0.29) is 0 Å². The zero-order valence-electron chi connectivity index (χ0n) is 8.16. The normalized spacial score (nSPS) is 12.8. The molecule has 3 heteroatoms. The van der Waals surface area contributed by atoms with Crippen LogP contribution in [0.3, 0.4) is 0 Å². The Morgan fingerprint density at radius 1 is 1.62 bits per heavy atom. The summed E-state index contributed by atoms with van der Waals surface area (Å²) in [7, 11) is 0. The fourth-order valence-electron chi connectivity index (χ4n) is 0.984. The van der Waals surface area contributed by atoms with Crippen LogP contribution in [0.5, 0.6) is 0 Å². The van der Waals surface area contributed by atoms with Gasteiger partial charge in [0, 0.05) is 22.9 Å². The molecule has 1 rings (SSSR count). The van der Waals surface area contributed by atoms with Gasteiger partial charge in [-0.15, -0.1) is 11.8 Å². The van der Waals surface area contributed by atoms with Gasteiger partial charge in [0.25, 0.3) is 0 Å². The van der Waals surface area contributed by atoms with Crippen LogP contribution in [0.15, 0.2) is 23.2 Å². The number of nitrogens with two attached hydrogens (primary N) is 1. The molecule has 1 unspecified atom stereocenters. The van der Waals surface area contributed by atoms with Crippen molar-refractivity contribution in [2.45, 2.75) is 37.0 Å². The van der Waals surface area contributed by atoms with Crippen molar-refractivity contribution in [1.29, 1.82) is 0 Å². The summed E-state index contributed by atoms with van der Waals surface area (Å²) in [6.07, 6.45) is 2.96. The highest BCUT2D eigenvalue weighted by molar-refractivity contribution is 8.00. The Hall–Kier alpha value is -0.540. The number of hydrogen-bond acceptors (Lipinski definition) is 3. The van der Waals surface area contributed by atoms with E-state index >= 15 is 0 Å². The highest BCUT2D eigenvalue weighted by atomic mass is 32.2. The van der Waals surface area contributed by atoms with Gasteiger partial charge in [0.15, 0.2) is 0 Å². The predicted octanol–water partition coefficient (Wildman–Crippen LogP) is 2.43. The third-order valence-electron chi connectivity index (χ3n) is 1.94. The van der Waals surface area contributed by atoms with Gasteiger partial charge in [0.05, 0.1) is 5.69 Å². The lowest BCUT2D eigenvalue weighted by atomic mass is 10.3. The Balaban J connectivity index is 2.74. The molecule has 2 nitrogen and oxygen atoms in total. The van der Waals surface area contributed by atoms with E-state index < -0.39 is 0 Å². The molecule has 1 heterocycles. The van der Waals surface area contributed by atoms with E-state index in [1.807, 2.05) is 17.8 Å². The van der Waals surface area contributed by atoms with Gasteiger partial charge in [-0.05, 0) is 18.6 Å². The van der Waals surface area contributed by atoms with E-state index in [0.29, 0.717) is 11.8 Å². The van der Waals surface area contributed by atoms with Crippen LogP contribution < -0.4 is 5.73 Å². The summed E-state index contributed by atoms with van der Waals surface area (Å²) in [5.41, 5.74) is 6.60. The summed E-state index contributed by atoms with van der Waals surface area (Å²) in [5.74, 6) is 0. The maximum Gasteiger partial charge on any atom is 0.0675 e. The van der Waals surface area contributed by atoms with Gasteiger partial charge in [0.1, 0.15) is 0 Å². The molecule has 0 aliphatic carbocycles. The molecule has 0 saturated carbocycles. The number of nitrogens with zero attached hydrogens (tertiary/aromatic N) is 1. The van der Waals surface area contributed by atoms with Crippen LogP contribution in [-0.2, 0) is 6.54 Å². The van der Waals surface area contributed by atoms with Crippen LogP contribution in [0.4, 0.5) is 0 Å². The van der Waals surface area contributed by atoms with E-state index in [2.05, 4.69) is 24.9 Å². The van der Waals surface area contributed by atoms with Gasteiger partial charge >= 0.3 is 0 Å². The first-order valence-corrected chi connectivity index (χ1v) is 5.46. The first kappa shape index (κ1) is 10.5. The lowest BCUT2D eigenvalue weighted by Crippen LogP contribution is -2.03. The molecule has 0 aliphatic rings. The predicted molar refractivity (Wildman–Crippen MR) is 57.7 cm³/mol. The molecule has 2 N–H and O–H groups in total. The standard InChI is InChI=1S/C10H16N2S/c1-3-8(2)13-10-5-4-6-12-9(10)7-11/h4-6,8H,3,7,11H2,1-2H3. The molecule has 0 bridgehead atoms. The Labute approximate surface area is 83.9 Å². The van der Waals surface area contributed by atoms with Crippen LogP contribution in [0, 0.1) is 0 Å². The van der Waals surface area contributed by atoms with Crippen molar-refractivity contribution in [1.82, 2.24) is 4.98 Å². The molecule has 1 aromatic heterocycles. The molecule has 13 heavy (non-hydrogen) atoms. The SMILES string of the molecule is CCC(C)Sc1cccnc1CN. The van der Waals surface area contributed by atoms with E-state index in [0.717, 1.165) is 5.69 Å². The zero-order valence-corrected chi connectivity index (χ0v) is 8.97. The molecular formula is C10H16N2S. The van der Waals surface area contributed by atoms with Gasteiger partial charge in [-0.1, -0.05) is 13.8 Å². The molecule has 0 radical (unpaired) electrons. The number of thioether (sulfide) groups is 1. The summed E-state index contributed by atoms with van der Waals surface area (Å²) in [5, 5.41) is 0.634. The topological polar surface area (TPSA) is 38.9 Å². The van der Waals surface area contributed by atoms with Crippen molar-refractivity contribution >= 4 is 11.8 Å². The molecule has 1 aromatic rings. The van der Waals surface area contributed by atoms with Gasteiger partial charge < -0.3 is 5.73 Å². The van der Waals surface area contributed by atoms with Crippen molar-refractivity contribution in [3.05, 3.63) is 24.0 Å². The van der Waals surface area contributed by atoms with Gasteiger partial charge in [-0.25, -0.2) is 0 Å². The van der Waals surface area contributed by atoms with Crippen molar-refractivity contribution in [3.63, 3.8) is 0 Å². The minimum Gasteiger partial charge on any atom is -0.325 e. The van der Waals surface area contributed by atoms with Crippen molar-refractivity contribution in [3.8, 4) is 0 Å². The lowest BCUT2D eigenvalue weighted by molar-refractivity contribution is 0.894. The van der Waals surface area contributed by atoms with Crippen LogP contribution in [0.25, 0.3) is 0 Å². The quantitative estimate of drug-likeness (QED) is 0.752. The minimum absolute atomic E-state index is 0.527. The van der Waals surface area contributed by atoms with Crippen LogP contribution in [-0.4, -0.2) is 10.2 Å². The first-order valence-electron chi connectivity index (χ1n) is 4.58. The molecule has 0 aliphatic heterocycles. The molecule has 0 aromatic carbocycles. The molecule has 0 saturated heterocycles. The molecular weight excluding hydrogens is 180 g/mol. The van der Waals surface area contributed by atoms with Crippen LogP contribution in [0.2, 0.25) is 0 Å². The summed E-state index contributed by atoms with van der Waals surface area (Å²) in [4.78, 5) is 5.46. The largest absolute Gasteiger partial charge is 0.325 e. The minimum atomic E-state index is 0.527. The number of hydrogen-bond donors (Lipinski definition) is 1. The van der Waals surface area contributed by atoms with Crippen molar-refractivity contribution < 1.29 is 0 Å². The molecule has 0 fully saturated rings. The second-order valence-electron chi connectivity index (χ2n) is 2.99. The van der Waals surface area contributed by atoms with Crippen molar-refractivity contribution in [2.24, 2.45) is 5.73 Å². The fraction of sp³-hybridized carbons (Fsp3) is 0.500. The number of aromatic nitrogens is 1. The summed E-state index contributed by atoms with van der Waals surface area (Å²) >= 11 is 1.85. The van der Waals surface area contributed by atoms with Crippen molar-refractivity contribution in [2.75, 3.05) is 0 Å². The highest BCUT2D eigenvalue weighted by Gasteiger charge is 2.05. The Kier molecular flexibility index (Phi) is 4.25. The first-order chi connectivity index (χ1) is 6.27. The second-order valence-corrected chi connectivity index (χ2v) is 4.47. The maximum atomic E-state index is 5.59. The average Bonchev–Trinajstić information content (AvgIpc) is 2.18. The summed E-state index contributed by atoms with van der Waals surface area (Å²) in [6, 6.07) is 4.05. The molecule has 0 amide bonds. The Morgan fingerprint density at radius 3 is 3.00 bits per heavy atom. The zero-order chi connectivity index (χ0) is 9.68. The van der Waals surface area contributed by atoms with E-state index in [1.54, 1.807) is 6.20 Å². The Bertz CT molecular complexity index is 263. The van der Waals surface area contributed by atoms with E-state index in [9.17, 15) is 0 Å². The van der Waals surface area contributed by atoms with Gasteiger partial charge in [-0.3, -0.25) is 4.98 Å². The number of pyridine rings is 1. The molecule has 1 atom stereocenters. The van der Waals surface area contributed by atoms with E-state index in [1.165, 1.54) is 11.3 Å². The Morgan fingerprint density at radius 2 is 2.38 bits per heavy atom. The van der Waals surface area contributed by atoms with Gasteiger partial charge in [-0.2, -0.15) is 0 Å². The number of rotatable bonds is 4. The molecule has 0 spiro atoms. The average molecular weight is 196 g/mol. The smallest absolute Gasteiger partial charge is 0.0675 e.